The summed E-state index contributed by atoms with van der Waals surface area (Å²) in [5.74, 6) is 0.314. The lowest BCUT2D eigenvalue weighted by molar-refractivity contribution is -0.134. The normalized spacial score (nSPS) is 26.1. The Balaban J connectivity index is 2.32. The summed E-state index contributed by atoms with van der Waals surface area (Å²) in [4.78, 5) is 14.1. The van der Waals surface area contributed by atoms with Crippen LogP contribution >= 0.6 is 0 Å². The molecule has 17 heavy (non-hydrogen) atoms. The monoisotopic (exact) mass is 240 g/mol. The van der Waals surface area contributed by atoms with Crippen molar-refractivity contribution in [3.8, 4) is 0 Å². The molecule has 0 aromatic heterocycles. The molecule has 0 radical (unpaired) electrons. The molecule has 2 N–H and O–H groups in total. The number of nitrogens with zero attached hydrogens (tertiary/aromatic N) is 1. The molecule has 0 aromatic rings. The molecule has 0 unspecified atom stereocenters. The predicted octanol–water partition coefficient (Wildman–Crippen LogP) is 2.54. The minimum Gasteiger partial charge on any atom is -0.340 e. The molecule has 2 atom stereocenters. The van der Waals surface area contributed by atoms with Crippen LogP contribution in [0.4, 0.5) is 0 Å². The molecular formula is C14H28N2O. The van der Waals surface area contributed by atoms with E-state index in [1.165, 1.54) is 0 Å². The van der Waals surface area contributed by atoms with Crippen molar-refractivity contribution >= 4 is 5.91 Å². The molecule has 1 heterocycles. The maximum absolute atomic E-state index is 12.1. The van der Waals surface area contributed by atoms with Crippen LogP contribution in [0, 0.1) is 5.41 Å². The highest BCUT2D eigenvalue weighted by molar-refractivity contribution is 5.76. The van der Waals surface area contributed by atoms with E-state index in [2.05, 4.69) is 27.7 Å². The van der Waals surface area contributed by atoms with Gasteiger partial charge in [-0.2, -0.15) is 0 Å². The number of hydrogen-bond acceptors (Lipinski definition) is 2. The van der Waals surface area contributed by atoms with Crippen molar-refractivity contribution in [3.63, 3.8) is 0 Å². The van der Waals surface area contributed by atoms with Gasteiger partial charge in [-0.25, -0.2) is 0 Å². The van der Waals surface area contributed by atoms with Crippen LogP contribution in [0.25, 0.3) is 0 Å². The molecule has 1 saturated heterocycles. The van der Waals surface area contributed by atoms with Crippen molar-refractivity contribution in [1.29, 1.82) is 0 Å². The summed E-state index contributed by atoms with van der Waals surface area (Å²) in [6.07, 6.45) is 4.70. The quantitative estimate of drug-likeness (QED) is 0.824. The summed E-state index contributed by atoms with van der Waals surface area (Å²) in [6.45, 7) is 9.62. The van der Waals surface area contributed by atoms with Crippen LogP contribution in [0.3, 0.4) is 0 Å². The number of hydrogen-bond donors (Lipinski definition) is 1. The van der Waals surface area contributed by atoms with Gasteiger partial charge < -0.3 is 10.6 Å². The molecular weight excluding hydrogens is 212 g/mol. The van der Waals surface area contributed by atoms with Gasteiger partial charge >= 0.3 is 0 Å². The Morgan fingerprint density at radius 2 is 2.06 bits per heavy atom. The second-order valence-corrected chi connectivity index (χ2v) is 6.63. The molecule has 3 heteroatoms. The molecule has 0 bridgehead atoms. The molecule has 0 aliphatic carbocycles. The molecule has 1 aliphatic rings. The number of piperidine rings is 1. The third kappa shape index (κ3) is 5.07. The molecule has 1 amide bonds. The van der Waals surface area contributed by atoms with Crippen molar-refractivity contribution in [2.24, 2.45) is 11.1 Å². The summed E-state index contributed by atoms with van der Waals surface area (Å²) in [6, 6.07) is 0.601. The summed E-state index contributed by atoms with van der Waals surface area (Å²) >= 11 is 0. The van der Waals surface area contributed by atoms with E-state index in [4.69, 9.17) is 5.73 Å². The largest absolute Gasteiger partial charge is 0.340 e. The van der Waals surface area contributed by atoms with Crippen LogP contribution in [-0.2, 0) is 4.79 Å². The summed E-state index contributed by atoms with van der Waals surface area (Å²) in [7, 11) is 0. The summed E-state index contributed by atoms with van der Waals surface area (Å²) in [5, 5.41) is 0. The molecule has 100 valence electrons. The molecule has 0 spiro atoms. The fourth-order valence-electron chi connectivity index (χ4n) is 2.49. The minimum atomic E-state index is 0.281. The fraction of sp³-hybridized carbons (Fsp3) is 0.929. The van der Waals surface area contributed by atoms with Gasteiger partial charge in [-0.1, -0.05) is 20.8 Å². The van der Waals surface area contributed by atoms with E-state index in [1.807, 2.05) is 4.90 Å². The zero-order chi connectivity index (χ0) is 13.1. The number of nitrogens with two attached hydrogens (primary N) is 1. The predicted molar refractivity (Wildman–Crippen MR) is 71.7 cm³/mol. The zero-order valence-electron chi connectivity index (χ0n) is 11.8. The van der Waals surface area contributed by atoms with E-state index in [0.29, 0.717) is 23.8 Å². The molecule has 3 nitrogen and oxygen atoms in total. The maximum atomic E-state index is 12.1. The number of rotatable bonds is 3. The smallest absolute Gasteiger partial charge is 0.222 e. The first-order valence-electron chi connectivity index (χ1n) is 6.84. The second-order valence-electron chi connectivity index (χ2n) is 6.63. The van der Waals surface area contributed by atoms with Gasteiger partial charge in [-0.05, 0) is 38.0 Å². The number of amides is 1. The summed E-state index contributed by atoms with van der Waals surface area (Å²) < 4.78 is 0. The number of carbonyl (C=O) groups is 1. The highest BCUT2D eigenvalue weighted by Gasteiger charge is 2.26. The van der Waals surface area contributed by atoms with Gasteiger partial charge in [0.05, 0.1) is 0 Å². The third-order valence-corrected chi connectivity index (χ3v) is 3.55. The number of likely N-dealkylation sites (tertiary alicyclic amines) is 1. The first kappa shape index (κ1) is 14.5. The van der Waals surface area contributed by atoms with E-state index in [0.717, 1.165) is 32.2 Å². The van der Waals surface area contributed by atoms with Crippen LogP contribution < -0.4 is 5.73 Å². The van der Waals surface area contributed by atoms with Crippen molar-refractivity contribution < 1.29 is 4.79 Å². The van der Waals surface area contributed by atoms with E-state index in [1.54, 1.807) is 0 Å². The van der Waals surface area contributed by atoms with Crippen LogP contribution in [0.5, 0.6) is 0 Å². The number of carbonyl (C=O) groups excluding carboxylic acids is 1. The first-order chi connectivity index (χ1) is 7.79. The molecule has 0 aromatic carbocycles. The van der Waals surface area contributed by atoms with Crippen molar-refractivity contribution in [2.75, 3.05) is 6.54 Å². The average Bonchev–Trinajstić information content (AvgIpc) is 2.15. The second kappa shape index (κ2) is 5.85. The van der Waals surface area contributed by atoms with Gasteiger partial charge in [-0.3, -0.25) is 4.79 Å². The Kier molecular flexibility index (Phi) is 4.99. The van der Waals surface area contributed by atoms with Crippen LogP contribution in [0.2, 0.25) is 0 Å². The maximum Gasteiger partial charge on any atom is 0.222 e. The lowest BCUT2D eigenvalue weighted by atomic mass is 9.89. The Morgan fingerprint density at radius 3 is 2.59 bits per heavy atom. The fourth-order valence-corrected chi connectivity index (χ4v) is 2.49. The standard InChI is InChI=1S/C14H28N2O/c1-11-10-12(15)7-9-16(11)13(17)6-5-8-14(2,3)4/h11-12H,5-10,15H2,1-4H3/t11-,12-/m1/s1. The van der Waals surface area contributed by atoms with Gasteiger partial charge in [0.1, 0.15) is 0 Å². The molecule has 1 aliphatic heterocycles. The lowest BCUT2D eigenvalue weighted by Crippen LogP contribution is -2.48. The molecule has 1 fully saturated rings. The third-order valence-electron chi connectivity index (χ3n) is 3.55. The molecule has 0 saturated carbocycles. The van der Waals surface area contributed by atoms with Crippen LogP contribution in [0.1, 0.15) is 59.8 Å². The van der Waals surface area contributed by atoms with E-state index in [9.17, 15) is 4.79 Å². The van der Waals surface area contributed by atoms with Gasteiger partial charge in [-0.15, -0.1) is 0 Å². The highest BCUT2D eigenvalue weighted by Crippen LogP contribution is 2.23. The Hall–Kier alpha value is -0.570. The van der Waals surface area contributed by atoms with E-state index >= 15 is 0 Å². The first-order valence-corrected chi connectivity index (χ1v) is 6.84. The van der Waals surface area contributed by atoms with Gasteiger partial charge in [0, 0.05) is 25.0 Å². The molecule has 1 rings (SSSR count). The SMILES string of the molecule is C[C@@H]1C[C@H](N)CCN1C(=O)CCCC(C)(C)C. The van der Waals surface area contributed by atoms with Crippen LogP contribution in [-0.4, -0.2) is 29.4 Å². The van der Waals surface area contributed by atoms with Crippen molar-refractivity contribution in [2.45, 2.75) is 71.9 Å². The van der Waals surface area contributed by atoms with E-state index in [-0.39, 0.29) is 6.04 Å². The van der Waals surface area contributed by atoms with Crippen molar-refractivity contribution in [1.82, 2.24) is 4.90 Å². The minimum absolute atomic E-state index is 0.281. The average molecular weight is 240 g/mol. The zero-order valence-corrected chi connectivity index (χ0v) is 11.8. The van der Waals surface area contributed by atoms with E-state index < -0.39 is 0 Å². The Morgan fingerprint density at radius 1 is 1.41 bits per heavy atom. The topological polar surface area (TPSA) is 46.3 Å². The summed E-state index contributed by atoms with van der Waals surface area (Å²) in [5.41, 5.74) is 6.24. The lowest BCUT2D eigenvalue weighted by Gasteiger charge is -2.36. The Bertz CT molecular complexity index is 257. The Labute approximate surface area is 106 Å². The van der Waals surface area contributed by atoms with Gasteiger partial charge in [0.15, 0.2) is 0 Å². The highest BCUT2D eigenvalue weighted by atomic mass is 16.2. The van der Waals surface area contributed by atoms with Gasteiger partial charge in [0.25, 0.3) is 0 Å². The van der Waals surface area contributed by atoms with Crippen molar-refractivity contribution in [3.05, 3.63) is 0 Å². The van der Waals surface area contributed by atoms with Gasteiger partial charge in [0.2, 0.25) is 5.91 Å². The van der Waals surface area contributed by atoms with Crippen LogP contribution in [0.15, 0.2) is 0 Å².